The Hall–Kier alpha value is -3.23. The summed E-state index contributed by atoms with van der Waals surface area (Å²) < 4.78 is 1.34. The molecule has 0 bridgehead atoms. The minimum absolute atomic E-state index is 0.0573. The first-order chi connectivity index (χ1) is 11.9. The Balaban J connectivity index is 1.72. The van der Waals surface area contributed by atoms with Crippen molar-refractivity contribution in [1.29, 1.82) is 0 Å². The standard InChI is InChI=1S/C16H18N6O3/c1-9-15(22(24)25)11(3)21(20-9)8-14(23)17-10(2)16-18-12-6-4-5-7-13(12)19-16/h4-7,10H,8H2,1-3H3,(H,17,23)(H,18,19). The number of para-hydroxylation sites is 2. The maximum absolute atomic E-state index is 12.3. The molecule has 0 aliphatic carbocycles. The van der Waals surface area contributed by atoms with E-state index in [1.54, 1.807) is 13.8 Å². The number of nitrogens with zero attached hydrogens (tertiary/aromatic N) is 4. The first kappa shape index (κ1) is 16.6. The number of amides is 1. The number of nitro groups is 1. The number of aromatic nitrogens is 4. The third-order valence-corrected chi connectivity index (χ3v) is 4.01. The monoisotopic (exact) mass is 342 g/mol. The van der Waals surface area contributed by atoms with Crippen LogP contribution >= 0.6 is 0 Å². The van der Waals surface area contributed by atoms with E-state index in [2.05, 4.69) is 20.4 Å². The molecule has 2 N–H and O–H groups in total. The summed E-state index contributed by atoms with van der Waals surface area (Å²) in [6.45, 7) is 4.86. The summed E-state index contributed by atoms with van der Waals surface area (Å²) in [5, 5.41) is 17.9. The third kappa shape index (κ3) is 3.21. The molecule has 1 aromatic carbocycles. The van der Waals surface area contributed by atoms with Crippen molar-refractivity contribution >= 4 is 22.6 Å². The molecule has 1 atom stereocenters. The van der Waals surface area contributed by atoms with Crippen LogP contribution in [0.5, 0.6) is 0 Å². The van der Waals surface area contributed by atoms with Crippen molar-refractivity contribution < 1.29 is 9.72 Å². The first-order valence-electron chi connectivity index (χ1n) is 7.79. The van der Waals surface area contributed by atoms with Gasteiger partial charge in [0.1, 0.15) is 23.8 Å². The van der Waals surface area contributed by atoms with E-state index in [9.17, 15) is 14.9 Å². The molecule has 1 amide bonds. The highest BCUT2D eigenvalue weighted by Crippen LogP contribution is 2.21. The lowest BCUT2D eigenvalue weighted by molar-refractivity contribution is -0.386. The number of aryl methyl sites for hydroxylation is 1. The van der Waals surface area contributed by atoms with Gasteiger partial charge in [-0.05, 0) is 32.9 Å². The number of nitrogens with one attached hydrogen (secondary N) is 2. The van der Waals surface area contributed by atoms with E-state index in [0.29, 0.717) is 17.2 Å². The van der Waals surface area contributed by atoms with Crippen LogP contribution in [0.15, 0.2) is 24.3 Å². The summed E-state index contributed by atoms with van der Waals surface area (Å²) in [6.07, 6.45) is 0. The summed E-state index contributed by atoms with van der Waals surface area (Å²) in [5.41, 5.74) is 2.31. The lowest BCUT2D eigenvalue weighted by Gasteiger charge is -2.11. The molecule has 0 saturated heterocycles. The van der Waals surface area contributed by atoms with Crippen LogP contribution in [0.25, 0.3) is 11.0 Å². The van der Waals surface area contributed by atoms with E-state index in [0.717, 1.165) is 11.0 Å². The highest BCUT2D eigenvalue weighted by atomic mass is 16.6. The third-order valence-electron chi connectivity index (χ3n) is 4.01. The molecule has 25 heavy (non-hydrogen) atoms. The number of hydrogen-bond acceptors (Lipinski definition) is 5. The van der Waals surface area contributed by atoms with Gasteiger partial charge in [0.2, 0.25) is 5.91 Å². The van der Waals surface area contributed by atoms with E-state index in [1.165, 1.54) is 4.68 Å². The molecule has 0 radical (unpaired) electrons. The van der Waals surface area contributed by atoms with Crippen molar-refractivity contribution in [1.82, 2.24) is 25.1 Å². The van der Waals surface area contributed by atoms with Gasteiger partial charge in [0, 0.05) is 0 Å². The first-order valence-corrected chi connectivity index (χ1v) is 7.79. The van der Waals surface area contributed by atoms with E-state index < -0.39 is 4.92 Å². The number of benzene rings is 1. The molecule has 0 aliphatic rings. The molecule has 9 heteroatoms. The van der Waals surface area contributed by atoms with Crippen LogP contribution in [0, 0.1) is 24.0 Å². The van der Waals surface area contributed by atoms with E-state index >= 15 is 0 Å². The van der Waals surface area contributed by atoms with Crippen molar-refractivity contribution in [2.24, 2.45) is 0 Å². The lowest BCUT2D eigenvalue weighted by Crippen LogP contribution is -2.31. The number of imidazole rings is 1. The molecular weight excluding hydrogens is 324 g/mol. The fourth-order valence-corrected chi connectivity index (χ4v) is 2.77. The predicted molar refractivity (Wildman–Crippen MR) is 91.0 cm³/mol. The maximum atomic E-state index is 12.3. The number of fused-ring (bicyclic) bond motifs is 1. The zero-order chi connectivity index (χ0) is 18.1. The Bertz CT molecular complexity index is 925. The van der Waals surface area contributed by atoms with Crippen LogP contribution in [0.1, 0.15) is 30.2 Å². The van der Waals surface area contributed by atoms with Crippen LogP contribution in [-0.4, -0.2) is 30.6 Å². The van der Waals surface area contributed by atoms with Crippen LogP contribution in [0.3, 0.4) is 0 Å². The summed E-state index contributed by atoms with van der Waals surface area (Å²) in [5.74, 6) is 0.349. The van der Waals surface area contributed by atoms with Gasteiger partial charge in [-0.3, -0.25) is 19.6 Å². The lowest BCUT2D eigenvalue weighted by atomic mass is 10.3. The second kappa shape index (κ2) is 6.34. The largest absolute Gasteiger partial charge is 0.345 e. The molecule has 1 unspecified atom stereocenters. The molecular formula is C16H18N6O3. The molecule has 9 nitrogen and oxygen atoms in total. The summed E-state index contributed by atoms with van der Waals surface area (Å²) in [7, 11) is 0. The number of hydrogen-bond donors (Lipinski definition) is 2. The van der Waals surface area contributed by atoms with Crippen molar-refractivity contribution in [3.8, 4) is 0 Å². The second-order valence-electron chi connectivity index (χ2n) is 5.86. The summed E-state index contributed by atoms with van der Waals surface area (Å²) >= 11 is 0. The van der Waals surface area contributed by atoms with Gasteiger partial charge in [-0.1, -0.05) is 12.1 Å². The Morgan fingerprint density at radius 3 is 2.76 bits per heavy atom. The van der Waals surface area contributed by atoms with Crippen LogP contribution < -0.4 is 5.32 Å². The minimum atomic E-state index is -0.483. The molecule has 0 aliphatic heterocycles. The average molecular weight is 342 g/mol. The van der Waals surface area contributed by atoms with E-state index in [4.69, 9.17) is 0 Å². The highest BCUT2D eigenvalue weighted by Gasteiger charge is 2.23. The fraction of sp³-hybridized carbons (Fsp3) is 0.312. The molecule has 0 spiro atoms. The zero-order valence-corrected chi connectivity index (χ0v) is 14.1. The predicted octanol–water partition coefficient (Wildman–Crippen LogP) is 2.16. The Kier molecular flexibility index (Phi) is 4.22. The van der Waals surface area contributed by atoms with Crippen molar-refractivity contribution in [2.75, 3.05) is 0 Å². The van der Waals surface area contributed by atoms with Gasteiger partial charge < -0.3 is 10.3 Å². The SMILES string of the molecule is Cc1nn(CC(=O)NC(C)c2nc3ccccc3[nH]2)c(C)c1[N+](=O)[O-]. The molecule has 0 saturated carbocycles. The molecule has 130 valence electrons. The van der Waals surface area contributed by atoms with Gasteiger partial charge >= 0.3 is 5.69 Å². The molecule has 3 rings (SSSR count). The van der Waals surface area contributed by atoms with Gasteiger partial charge in [0.25, 0.3) is 0 Å². The smallest absolute Gasteiger partial charge is 0.312 e. The fourth-order valence-electron chi connectivity index (χ4n) is 2.77. The summed E-state index contributed by atoms with van der Waals surface area (Å²) in [6, 6.07) is 7.27. The molecule has 0 fully saturated rings. The Labute approximate surface area is 143 Å². The molecule has 2 heterocycles. The van der Waals surface area contributed by atoms with Gasteiger partial charge in [0.15, 0.2) is 0 Å². The maximum Gasteiger partial charge on any atom is 0.312 e. The highest BCUT2D eigenvalue weighted by molar-refractivity contribution is 5.77. The molecule has 2 aromatic heterocycles. The van der Waals surface area contributed by atoms with E-state index in [1.807, 2.05) is 31.2 Å². The van der Waals surface area contributed by atoms with Crippen LogP contribution in [0.4, 0.5) is 5.69 Å². The topological polar surface area (TPSA) is 119 Å². The van der Waals surface area contributed by atoms with Gasteiger partial charge in [0.05, 0.1) is 22.0 Å². The number of carbonyl (C=O) groups is 1. The molecule has 3 aromatic rings. The minimum Gasteiger partial charge on any atom is -0.345 e. The van der Waals surface area contributed by atoms with Crippen molar-refractivity contribution in [2.45, 2.75) is 33.4 Å². The summed E-state index contributed by atoms with van der Waals surface area (Å²) in [4.78, 5) is 30.4. The van der Waals surface area contributed by atoms with E-state index in [-0.39, 0.29) is 24.2 Å². The van der Waals surface area contributed by atoms with Crippen LogP contribution in [0.2, 0.25) is 0 Å². The van der Waals surface area contributed by atoms with Gasteiger partial charge in [-0.15, -0.1) is 0 Å². The number of aromatic amines is 1. The van der Waals surface area contributed by atoms with Crippen molar-refractivity contribution in [3.05, 3.63) is 51.6 Å². The van der Waals surface area contributed by atoms with Crippen molar-refractivity contribution in [3.63, 3.8) is 0 Å². The number of carbonyl (C=O) groups excluding carboxylic acids is 1. The normalized spacial score (nSPS) is 12.3. The zero-order valence-electron chi connectivity index (χ0n) is 14.1. The van der Waals surface area contributed by atoms with Gasteiger partial charge in [-0.2, -0.15) is 5.10 Å². The number of rotatable bonds is 5. The average Bonchev–Trinajstić information content (AvgIpc) is 3.08. The van der Waals surface area contributed by atoms with Crippen LogP contribution in [-0.2, 0) is 11.3 Å². The second-order valence-corrected chi connectivity index (χ2v) is 5.86. The number of H-pyrrole nitrogens is 1. The Morgan fingerprint density at radius 2 is 2.12 bits per heavy atom. The quantitative estimate of drug-likeness (QED) is 0.544. The Morgan fingerprint density at radius 1 is 1.40 bits per heavy atom. The van der Waals surface area contributed by atoms with Gasteiger partial charge in [-0.25, -0.2) is 4.98 Å².